The number of benzene rings is 2. The summed E-state index contributed by atoms with van der Waals surface area (Å²) in [7, 11) is 3.00. The lowest BCUT2D eigenvalue weighted by atomic mass is 10.0. The third-order valence-corrected chi connectivity index (χ3v) is 3.64. The quantitative estimate of drug-likeness (QED) is 0.714. The van der Waals surface area contributed by atoms with Gasteiger partial charge in [-0.3, -0.25) is 9.59 Å². The first-order valence-electron chi connectivity index (χ1n) is 7.94. The van der Waals surface area contributed by atoms with E-state index >= 15 is 0 Å². The number of nitrogens with one attached hydrogen (secondary N) is 1. The molecule has 1 amide bonds. The molecule has 26 heavy (non-hydrogen) atoms. The van der Waals surface area contributed by atoms with E-state index in [-0.39, 0.29) is 13.0 Å². The SMILES string of the molecule is COc1ccc([C@@H](CC(=O)O)NC(=O)COc2ccccc2)cc1OC. The van der Waals surface area contributed by atoms with Crippen molar-refractivity contribution in [3.05, 3.63) is 54.1 Å². The largest absolute Gasteiger partial charge is 0.493 e. The molecule has 0 spiro atoms. The number of amides is 1. The summed E-state index contributed by atoms with van der Waals surface area (Å²) in [6.45, 7) is -0.215. The molecule has 0 unspecified atom stereocenters. The summed E-state index contributed by atoms with van der Waals surface area (Å²) in [6.07, 6.45) is -0.271. The number of rotatable bonds is 9. The van der Waals surface area contributed by atoms with Crippen LogP contribution in [0.15, 0.2) is 48.5 Å². The highest BCUT2D eigenvalue weighted by Gasteiger charge is 2.20. The number of methoxy groups -OCH3 is 2. The third-order valence-electron chi connectivity index (χ3n) is 3.64. The summed E-state index contributed by atoms with van der Waals surface area (Å²) in [5.74, 6) is 0.0757. The Hall–Kier alpha value is -3.22. The molecule has 138 valence electrons. The Morgan fingerprint density at radius 3 is 2.35 bits per heavy atom. The number of ether oxygens (including phenoxy) is 3. The first-order chi connectivity index (χ1) is 12.5. The van der Waals surface area contributed by atoms with Crippen molar-refractivity contribution in [3.8, 4) is 17.2 Å². The van der Waals surface area contributed by atoms with Gasteiger partial charge in [0.05, 0.1) is 26.7 Å². The van der Waals surface area contributed by atoms with Crippen LogP contribution in [0.3, 0.4) is 0 Å². The molecular formula is C19H21NO6. The van der Waals surface area contributed by atoms with Gasteiger partial charge in [0.2, 0.25) is 0 Å². The van der Waals surface area contributed by atoms with E-state index in [1.165, 1.54) is 14.2 Å². The molecule has 0 aliphatic carbocycles. The second kappa shape index (κ2) is 9.31. The maximum atomic E-state index is 12.2. The van der Waals surface area contributed by atoms with E-state index in [2.05, 4.69) is 5.32 Å². The minimum atomic E-state index is -1.03. The molecule has 7 nitrogen and oxygen atoms in total. The van der Waals surface area contributed by atoms with Crippen molar-refractivity contribution in [2.75, 3.05) is 20.8 Å². The maximum absolute atomic E-state index is 12.2. The molecule has 0 heterocycles. The van der Waals surface area contributed by atoms with Gasteiger partial charge in [-0.15, -0.1) is 0 Å². The van der Waals surface area contributed by atoms with Crippen LogP contribution in [0.5, 0.6) is 17.2 Å². The highest BCUT2D eigenvalue weighted by Crippen LogP contribution is 2.31. The van der Waals surface area contributed by atoms with Gasteiger partial charge in [-0.05, 0) is 29.8 Å². The lowest BCUT2D eigenvalue weighted by Gasteiger charge is -2.19. The molecule has 1 atom stereocenters. The molecule has 2 aromatic carbocycles. The van der Waals surface area contributed by atoms with Gasteiger partial charge in [-0.1, -0.05) is 24.3 Å². The van der Waals surface area contributed by atoms with Crippen molar-refractivity contribution < 1.29 is 28.9 Å². The zero-order chi connectivity index (χ0) is 18.9. The summed E-state index contributed by atoms with van der Waals surface area (Å²) < 4.78 is 15.8. The van der Waals surface area contributed by atoms with Gasteiger partial charge in [0, 0.05) is 0 Å². The van der Waals surface area contributed by atoms with Crippen molar-refractivity contribution in [2.45, 2.75) is 12.5 Å². The monoisotopic (exact) mass is 359 g/mol. The number of para-hydroxylation sites is 1. The Bertz CT molecular complexity index is 747. The van der Waals surface area contributed by atoms with Gasteiger partial charge in [0.15, 0.2) is 18.1 Å². The van der Waals surface area contributed by atoms with Crippen LogP contribution in [-0.2, 0) is 9.59 Å². The molecule has 0 aliphatic heterocycles. The Balaban J connectivity index is 2.09. The Labute approximate surface area is 151 Å². The molecule has 7 heteroatoms. The van der Waals surface area contributed by atoms with Crippen molar-refractivity contribution in [1.29, 1.82) is 0 Å². The average Bonchev–Trinajstić information content (AvgIpc) is 2.65. The van der Waals surface area contributed by atoms with Gasteiger partial charge in [-0.2, -0.15) is 0 Å². The van der Waals surface area contributed by atoms with E-state index in [4.69, 9.17) is 19.3 Å². The van der Waals surface area contributed by atoms with Crippen molar-refractivity contribution >= 4 is 11.9 Å². The fourth-order valence-electron chi connectivity index (χ4n) is 2.40. The summed E-state index contributed by atoms with van der Waals surface area (Å²) in [6, 6.07) is 13.2. The fourth-order valence-corrected chi connectivity index (χ4v) is 2.40. The van der Waals surface area contributed by atoms with Crippen molar-refractivity contribution in [3.63, 3.8) is 0 Å². The van der Waals surface area contributed by atoms with Gasteiger partial charge in [0.25, 0.3) is 5.91 Å². The summed E-state index contributed by atoms with van der Waals surface area (Å²) >= 11 is 0. The van der Waals surface area contributed by atoms with E-state index in [1.807, 2.05) is 6.07 Å². The second-order valence-electron chi connectivity index (χ2n) is 5.43. The molecule has 0 saturated heterocycles. The molecule has 0 aromatic heterocycles. The van der Waals surface area contributed by atoms with Crippen molar-refractivity contribution in [2.24, 2.45) is 0 Å². The normalized spacial score (nSPS) is 11.3. The number of hydrogen-bond acceptors (Lipinski definition) is 5. The predicted octanol–water partition coefficient (Wildman–Crippen LogP) is 2.41. The molecule has 0 bridgehead atoms. The topological polar surface area (TPSA) is 94.1 Å². The van der Waals surface area contributed by atoms with Crippen LogP contribution < -0.4 is 19.5 Å². The van der Waals surface area contributed by atoms with Gasteiger partial charge < -0.3 is 24.6 Å². The van der Waals surface area contributed by atoms with Crippen LogP contribution in [0, 0.1) is 0 Å². The molecule has 0 aliphatic rings. The standard InChI is InChI=1S/C19H21NO6/c1-24-16-9-8-13(10-17(16)25-2)15(11-19(22)23)20-18(21)12-26-14-6-4-3-5-7-14/h3-10,15H,11-12H2,1-2H3,(H,20,21)(H,22,23)/t15-/m1/s1. The molecular weight excluding hydrogens is 338 g/mol. The Kier molecular flexibility index (Phi) is 6.84. The smallest absolute Gasteiger partial charge is 0.305 e. The summed E-state index contributed by atoms with van der Waals surface area (Å²) in [5.41, 5.74) is 0.595. The van der Waals surface area contributed by atoms with E-state index in [0.717, 1.165) is 0 Å². The van der Waals surface area contributed by atoms with E-state index in [0.29, 0.717) is 22.8 Å². The first kappa shape index (κ1) is 19.1. The summed E-state index contributed by atoms with van der Waals surface area (Å²) in [5, 5.41) is 11.8. The number of carboxylic acids is 1. The lowest BCUT2D eigenvalue weighted by Crippen LogP contribution is -2.33. The highest BCUT2D eigenvalue weighted by atomic mass is 16.5. The van der Waals surface area contributed by atoms with E-state index < -0.39 is 17.9 Å². The highest BCUT2D eigenvalue weighted by molar-refractivity contribution is 5.79. The zero-order valence-corrected chi connectivity index (χ0v) is 14.6. The molecule has 0 radical (unpaired) electrons. The molecule has 0 fully saturated rings. The van der Waals surface area contributed by atoms with Crippen LogP contribution in [0.25, 0.3) is 0 Å². The fraction of sp³-hybridized carbons (Fsp3) is 0.263. The lowest BCUT2D eigenvalue weighted by molar-refractivity contribution is -0.137. The second-order valence-corrected chi connectivity index (χ2v) is 5.43. The van der Waals surface area contributed by atoms with Crippen molar-refractivity contribution in [1.82, 2.24) is 5.32 Å². The number of carbonyl (C=O) groups is 2. The number of hydrogen-bond donors (Lipinski definition) is 2. The summed E-state index contributed by atoms with van der Waals surface area (Å²) in [4.78, 5) is 23.4. The Morgan fingerprint density at radius 1 is 1.04 bits per heavy atom. The molecule has 2 rings (SSSR count). The van der Waals surface area contributed by atoms with E-state index in [1.54, 1.807) is 42.5 Å². The average molecular weight is 359 g/mol. The molecule has 2 N–H and O–H groups in total. The number of aliphatic carboxylic acids is 1. The van der Waals surface area contributed by atoms with Gasteiger partial charge in [0.1, 0.15) is 5.75 Å². The minimum Gasteiger partial charge on any atom is -0.493 e. The first-order valence-corrected chi connectivity index (χ1v) is 7.94. The zero-order valence-electron chi connectivity index (χ0n) is 14.6. The Morgan fingerprint density at radius 2 is 1.73 bits per heavy atom. The molecule has 2 aromatic rings. The van der Waals surface area contributed by atoms with E-state index in [9.17, 15) is 9.59 Å². The number of carbonyl (C=O) groups excluding carboxylic acids is 1. The van der Waals surface area contributed by atoms with Crippen LogP contribution in [-0.4, -0.2) is 37.8 Å². The third kappa shape index (κ3) is 5.41. The number of carboxylic acid groups (broad SMARTS) is 1. The van der Waals surface area contributed by atoms with Crippen LogP contribution in [0.4, 0.5) is 0 Å². The van der Waals surface area contributed by atoms with Crippen LogP contribution in [0.1, 0.15) is 18.0 Å². The minimum absolute atomic E-state index is 0.215. The molecule has 0 saturated carbocycles. The van der Waals surface area contributed by atoms with Crippen LogP contribution >= 0.6 is 0 Å². The maximum Gasteiger partial charge on any atom is 0.305 e. The van der Waals surface area contributed by atoms with Gasteiger partial charge in [-0.25, -0.2) is 0 Å². The predicted molar refractivity (Wildman–Crippen MR) is 94.6 cm³/mol. The van der Waals surface area contributed by atoms with Crippen LogP contribution in [0.2, 0.25) is 0 Å². The van der Waals surface area contributed by atoms with Gasteiger partial charge >= 0.3 is 5.97 Å².